The van der Waals surface area contributed by atoms with Crippen molar-refractivity contribution >= 4 is 17.5 Å². The topological polar surface area (TPSA) is 56.8 Å². The molecule has 2 unspecified atom stereocenters. The van der Waals surface area contributed by atoms with Crippen LogP contribution in [-0.4, -0.2) is 32.3 Å². The standard InChI is InChI=1S/C17H24ClNO4/c1-4-22-16-14(18)8-12(9-15(16)21-3)10-19-17(20)13-6-5-7-23-11(13)2/h8-9,11,13H,4-7,10H2,1-3H3,(H,19,20). The highest BCUT2D eigenvalue weighted by atomic mass is 35.5. The van der Waals surface area contributed by atoms with Gasteiger partial charge in [0.1, 0.15) is 0 Å². The molecule has 1 fully saturated rings. The lowest BCUT2D eigenvalue weighted by Crippen LogP contribution is -2.39. The van der Waals surface area contributed by atoms with Crippen LogP contribution in [0.2, 0.25) is 5.02 Å². The Morgan fingerprint density at radius 1 is 1.48 bits per heavy atom. The molecule has 1 aliphatic heterocycles. The minimum absolute atomic E-state index is 0.0150. The highest BCUT2D eigenvalue weighted by Crippen LogP contribution is 2.36. The van der Waals surface area contributed by atoms with E-state index < -0.39 is 0 Å². The van der Waals surface area contributed by atoms with E-state index in [0.29, 0.717) is 29.7 Å². The van der Waals surface area contributed by atoms with Gasteiger partial charge >= 0.3 is 0 Å². The maximum Gasteiger partial charge on any atom is 0.225 e. The van der Waals surface area contributed by atoms with Crippen LogP contribution >= 0.6 is 11.6 Å². The van der Waals surface area contributed by atoms with E-state index in [4.69, 9.17) is 25.8 Å². The molecule has 0 bridgehead atoms. The van der Waals surface area contributed by atoms with Crippen LogP contribution in [0.3, 0.4) is 0 Å². The molecule has 0 saturated carbocycles. The van der Waals surface area contributed by atoms with E-state index in [1.807, 2.05) is 19.9 Å². The Bertz CT molecular complexity index is 550. The van der Waals surface area contributed by atoms with Crippen molar-refractivity contribution in [3.63, 3.8) is 0 Å². The molecule has 0 spiro atoms. The molecule has 128 valence electrons. The third-order valence-corrected chi connectivity index (χ3v) is 4.27. The molecule has 23 heavy (non-hydrogen) atoms. The smallest absolute Gasteiger partial charge is 0.225 e. The fourth-order valence-corrected chi connectivity index (χ4v) is 3.04. The van der Waals surface area contributed by atoms with Gasteiger partial charge in [0, 0.05) is 13.2 Å². The average molecular weight is 342 g/mol. The summed E-state index contributed by atoms with van der Waals surface area (Å²) in [6.45, 7) is 5.46. The number of hydrogen-bond acceptors (Lipinski definition) is 4. The molecular weight excluding hydrogens is 318 g/mol. The first-order valence-electron chi connectivity index (χ1n) is 7.95. The Labute approximate surface area is 142 Å². The third-order valence-electron chi connectivity index (χ3n) is 3.99. The van der Waals surface area contributed by atoms with Gasteiger partial charge in [-0.3, -0.25) is 4.79 Å². The van der Waals surface area contributed by atoms with Crippen molar-refractivity contribution in [3.8, 4) is 11.5 Å². The molecule has 0 aromatic heterocycles. The van der Waals surface area contributed by atoms with Crippen LogP contribution in [-0.2, 0) is 16.1 Å². The second kappa shape index (κ2) is 8.41. The molecule has 1 aromatic rings. The van der Waals surface area contributed by atoms with Crippen LogP contribution in [0.1, 0.15) is 32.3 Å². The van der Waals surface area contributed by atoms with E-state index in [0.717, 1.165) is 25.0 Å². The number of halogens is 1. The second-order valence-electron chi connectivity index (χ2n) is 5.58. The van der Waals surface area contributed by atoms with Crippen molar-refractivity contribution in [2.24, 2.45) is 5.92 Å². The average Bonchev–Trinajstić information content (AvgIpc) is 2.55. The number of carbonyl (C=O) groups is 1. The van der Waals surface area contributed by atoms with Gasteiger partial charge in [-0.15, -0.1) is 0 Å². The summed E-state index contributed by atoms with van der Waals surface area (Å²) in [7, 11) is 1.57. The van der Waals surface area contributed by atoms with Crippen LogP contribution < -0.4 is 14.8 Å². The maximum atomic E-state index is 12.3. The number of carbonyl (C=O) groups excluding carboxylic acids is 1. The summed E-state index contributed by atoms with van der Waals surface area (Å²) in [6, 6.07) is 3.62. The van der Waals surface area contributed by atoms with Gasteiger partial charge in [0.05, 0.1) is 30.8 Å². The van der Waals surface area contributed by atoms with Crippen molar-refractivity contribution in [1.29, 1.82) is 0 Å². The van der Waals surface area contributed by atoms with Gasteiger partial charge in [0.25, 0.3) is 0 Å². The van der Waals surface area contributed by atoms with Crippen molar-refractivity contribution in [3.05, 3.63) is 22.7 Å². The lowest BCUT2D eigenvalue weighted by atomic mass is 9.94. The van der Waals surface area contributed by atoms with Crippen molar-refractivity contribution < 1.29 is 19.0 Å². The van der Waals surface area contributed by atoms with Gasteiger partial charge in [-0.2, -0.15) is 0 Å². The Morgan fingerprint density at radius 2 is 2.26 bits per heavy atom. The molecule has 1 saturated heterocycles. The number of amides is 1. The molecule has 1 aromatic carbocycles. The monoisotopic (exact) mass is 341 g/mol. The predicted octanol–water partition coefficient (Wildman–Crippen LogP) is 3.18. The number of methoxy groups -OCH3 is 1. The minimum Gasteiger partial charge on any atom is -0.493 e. The first-order chi connectivity index (χ1) is 11.1. The van der Waals surface area contributed by atoms with Gasteiger partial charge < -0.3 is 19.5 Å². The molecule has 1 heterocycles. The SMILES string of the molecule is CCOc1c(Cl)cc(CNC(=O)C2CCCOC2C)cc1OC. The van der Waals surface area contributed by atoms with E-state index in [1.165, 1.54) is 0 Å². The second-order valence-corrected chi connectivity index (χ2v) is 5.99. The molecule has 0 radical (unpaired) electrons. The number of rotatable bonds is 6. The summed E-state index contributed by atoms with van der Waals surface area (Å²) >= 11 is 6.24. The zero-order chi connectivity index (χ0) is 16.8. The molecule has 1 aliphatic rings. The molecule has 1 N–H and O–H groups in total. The predicted molar refractivity (Wildman–Crippen MR) is 89.2 cm³/mol. The number of hydrogen-bond donors (Lipinski definition) is 1. The summed E-state index contributed by atoms with van der Waals surface area (Å²) in [6.07, 6.45) is 1.74. The number of ether oxygens (including phenoxy) is 3. The van der Waals surface area contributed by atoms with Crippen LogP contribution in [0.4, 0.5) is 0 Å². The fourth-order valence-electron chi connectivity index (χ4n) is 2.75. The maximum absolute atomic E-state index is 12.3. The van der Waals surface area contributed by atoms with Gasteiger partial charge in [-0.25, -0.2) is 0 Å². The largest absolute Gasteiger partial charge is 0.493 e. The highest BCUT2D eigenvalue weighted by Gasteiger charge is 2.28. The van der Waals surface area contributed by atoms with E-state index >= 15 is 0 Å². The summed E-state index contributed by atoms with van der Waals surface area (Å²) in [4.78, 5) is 12.3. The Balaban J connectivity index is 2.02. The lowest BCUT2D eigenvalue weighted by Gasteiger charge is -2.28. The first kappa shape index (κ1) is 17.9. The zero-order valence-electron chi connectivity index (χ0n) is 13.9. The van der Waals surface area contributed by atoms with E-state index in [2.05, 4.69) is 5.32 Å². The normalized spacial score (nSPS) is 20.9. The Hall–Kier alpha value is -1.46. The van der Waals surface area contributed by atoms with Crippen LogP contribution in [0.25, 0.3) is 0 Å². The Morgan fingerprint density at radius 3 is 2.91 bits per heavy atom. The quantitative estimate of drug-likeness (QED) is 0.863. The highest BCUT2D eigenvalue weighted by molar-refractivity contribution is 6.32. The molecule has 6 heteroatoms. The van der Waals surface area contributed by atoms with Crippen molar-refractivity contribution in [1.82, 2.24) is 5.32 Å². The van der Waals surface area contributed by atoms with E-state index in [-0.39, 0.29) is 17.9 Å². The molecule has 2 atom stereocenters. The summed E-state index contributed by atoms with van der Waals surface area (Å²) < 4.78 is 16.3. The van der Waals surface area contributed by atoms with E-state index in [9.17, 15) is 4.79 Å². The zero-order valence-corrected chi connectivity index (χ0v) is 14.6. The van der Waals surface area contributed by atoms with Crippen molar-refractivity contribution in [2.75, 3.05) is 20.3 Å². The lowest BCUT2D eigenvalue weighted by molar-refractivity contribution is -0.133. The van der Waals surface area contributed by atoms with Gasteiger partial charge in [-0.05, 0) is 44.4 Å². The molecular formula is C17H24ClNO4. The molecule has 1 amide bonds. The third kappa shape index (κ3) is 4.52. The summed E-state index contributed by atoms with van der Waals surface area (Å²) in [5.74, 6) is 1.02. The molecule has 5 nitrogen and oxygen atoms in total. The Kier molecular flexibility index (Phi) is 6.54. The van der Waals surface area contributed by atoms with Crippen LogP contribution in [0, 0.1) is 5.92 Å². The fraction of sp³-hybridized carbons (Fsp3) is 0.588. The summed E-state index contributed by atoms with van der Waals surface area (Å²) in [5.41, 5.74) is 0.869. The van der Waals surface area contributed by atoms with Crippen molar-refractivity contribution in [2.45, 2.75) is 39.3 Å². The van der Waals surface area contributed by atoms with E-state index in [1.54, 1.807) is 13.2 Å². The minimum atomic E-state index is -0.0937. The molecule has 2 rings (SSSR count). The van der Waals surface area contributed by atoms with Crippen LogP contribution in [0.15, 0.2) is 12.1 Å². The summed E-state index contributed by atoms with van der Waals surface area (Å²) in [5, 5.41) is 3.43. The van der Waals surface area contributed by atoms with Gasteiger partial charge in [-0.1, -0.05) is 11.6 Å². The van der Waals surface area contributed by atoms with Gasteiger partial charge in [0.15, 0.2) is 11.5 Å². The first-order valence-corrected chi connectivity index (χ1v) is 8.33. The van der Waals surface area contributed by atoms with Crippen LogP contribution in [0.5, 0.6) is 11.5 Å². The van der Waals surface area contributed by atoms with Gasteiger partial charge in [0.2, 0.25) is 5.91 Å². The number of benzene rings is 1. The number of nitrogens with one attached hydrogen (secondary N) is 1. The molecule has 0 aliphatic carbocycles.